The van der Waals surface area contributed by atoms with Crippen LogP contribution in [0.3, 0.4) is 0 Å². The molecule has 1 saturated heterocycles. The van der Waals surface area contributed by atoms with Gasteiger partial charge in [-0.15, -0.1) is 0 Å². The average Bonchev–Trinajstić information content (AvgIpc) is 3.27. The van der Waals surface area contributed by atoms with E-state index in [4.69, 9.17) is 9.97 Å². The second kappa shape index (κ2) is 9.93. The van der Waals surface area contributed by atoms with Gasteiger partial charge in [0.1, 0.15) is 11.4 Å². The number of carbonyl (C=O) groups is 2. The summed E-state index contributed by atoms with van der Waals surface area (Å²) in [6, 6.07) is 12.4. The van der Waals surface area contributed by atoms with Crippen molar-refractivity contribution in [1.29, 1.82) is 0 Å². The molecule has 0 spiro atoms. The predicted molar refractivity (Wildman–Crippen MR) is 137 cm³/mol. The number of aromatic nitrogens is 2. The quantitative estimate of drug-likeness (QED) is 0.486. The third-order valence-corrected chi connectivity index (χ3v) is 6.68. The molecular formula is C27H29FN6O2. The first-order valence-electron chi connectivity index (χ1n) is 12.2. The van der Waals surface area contributed by atoms with Crippen LogP contribution in [-0.2, 0) is 4.79 Å². The summed E-state index contributed by atoms with van der Waals surface area (Å²) in [5, 5.41) is 6.22. The number of anilines is 3. The van der Waals surface area contributed by atoms with Crippen molar-refractivity contribution in [2.24, 2.45) is 0 Å². The van der Waals surface area contributed by atoms with Gasteiger partial charge in [-0.25, -0.2) is 9.37 Å². The van der Waals surface area contributed by atoms with Crippen molar-refractivity contribution in [3.05, 3.63) is 65.0 Å². The molecule has 0 aliphatic carbocycles. The number of para-hydroxylation sites is 1. The van der Waals surface area contributed by atoms with Crippen LogP contribution in [0.25, 0.3) is 11.3 Å². The normalized spacial score (nSPS) is 15.2. The molecule has 8 nitrogen and oxygen atoms in total. The van der Waals surface area contributed by atoms with Crippen molar-refractivity contribution in [2.45, 2.75) is 33.1 Å². The molecule has 2 N–H and O–H groups in total. The average molecular weight is 489 g/mol. The lowest BCUT2D eigenvalue weighted by molar-refractivity contribution is -0.127. The second-order valence-electron chi connectivity index (χ2n) is 9.20. The van der Waals surface area contributed by atoms with Crippen molar-refractivity contribution in [3.8, 4) is 11.3 Å². The topological polar surface area (TPSA) is 90.5 Å². The Morgan fingerprint density at radius 1 is 1.08 bits per heavy atom. The first kappa shape index (κ1) is 23.7. The Labute approximate surface area is 209 Å². The van der Waals surface area contributed by atoms with Crippen LogP contribution in [0, 0.1) is 19.7 Å². The molecule has 0 radical (unpaired) electrons. The van der Waals surface area contributed by atoms with Gasteiger partial charge in [0.25, 0.3) is 5.91 Å². The maximum Gasteiger partial charge on any atom is 0.258 e. The summed E-state index contributed by atoms with van der Waals surface area (Å²) < 4.78 is 13.9. The fourth-order valence-electron chi connectivity index (χ4n) is 4.81. The summed E-state index contributed by atoms with van der Waals surface area (Å²) in [6.45, 7) is 6.14. The summed E-state index contributed by atoms with van der Waals surface area (Å²) in [7, 11) is 0. The number of aryl methyl sites for hydroxylation is 2. The van der Waals surface area contributed by atoms with Crippen molar-refractivity contribution < 1.29 is 14.0 Å². The summed E-state index contributed by atoms with van der Waals surface area (Å²) >= 11 is 0. The van der Waals surface area contributed by atoms with Gasteiger partial charge in [-0.1, -0.05) is 18.2 Å². The minimum absolute atomic E-state index is 0.203. The number of nitrogens with zero attached hydrogens (tertiary/aromatic N) is 4. The molecule has 2 aliphatic rings. The van der Waals surface area contributed by atoms with Crippen molar-refractivity contribution in [3.63, 3.8) is 0 Å². The third kappa shape index (κ3) is 4.60. The van der Waals surface area contributed by atoms with E-state index in [2.05, 4.69) is 10.6 Å². The zero-order valence-electron chi connectivity index (χ0n) is 20.5. The van der Waals surface area contributed by atoms with Crippen molar-refractivity contribution >= 4 is 29.3 Å². The highest BCUT2D eigenvalue weighted by Gasteiger charge is 2.31. The standard InChI is InChI=1S/C27H29FN6O2/c1-17-7-3-4-8-21(17)34-16-30-26(36)23-24(20-11-10-19(28)15-18(20)2)31-27(32-25(23)34)29-12-6-14-33-13-5-9-22(33)35/h3-4,7-8,10-11,15H,5-6,9,12-14,16H2,1-2H3,(H,30,36)(H,29,31,32). The van der Waals surface area contributed by atoms with Crippen LogP contribution in [-0.4, -0.2) is 53.0 Å². The van der Waals surface area contributed by atoms with Gasteiger partial charge in [0.15, 0.2) is 5.82 Å². The summed E-state index contributed by atoms with van der Waals surface area (Å²) in [5.41, 5.74) is 4.12. The Morgan fingerprint density at radius 2 is 1.92 bits per heavy atom. The molecule has 3 aromatic rings. The molecule has 186 valence electrons. The van der Waals surface area contributed by atoms with Crippen molar-refractivity contribution in [2.75, 3.05) is 36.5 Å². The molecular weight excluding hydrogens is 459 g/mol. The second-order valence-corrected chi connectivity index (χ2v) is 9.20. The van der Waals surface area contributed by atoms with Crippen LogP contribution in [0.1, 0.15) is 40.7 Å². The number of carbonyl (C=O) groups excluding carboxylic acids is 2. The number of fused-ring (bicyclic) bond motifs is 1. The van der Waals surface area contributed by atoms with Crippen LogP contribution in [0.5, 0.6) is 0 Å². The lowest BCUT2D eigenvalue weighted by Crippen LogP contribution is -2.42. The van der Waals surface area contributed by atoms with E-state index in [1.165, 1.54) is 12.1 Å². The number of nitrogens with one attached hydrogen (secondary N) is 2. The van der Waals surface area contributed by atoms with Gasteiger partial charge in [-0.3, -0.25) is 9.59 Å². The molecule has 0 saturated carbocycles. The van der Waals surface area contributed by atoms with Gasteiger partial charge in [-0.05, 0) is 62.1 Å². The van der Waals surface area contributed by atoms with Crippen molar-refractivity contribution in [1.82, 2.24) is 20.2 Å². The fraction of sp³-hybridized carbons (Fsp3) is 0.333. The van der Waals surface area contributed by atoms with Crippen LogP contribution in [0.2, 0.25) is 0 Å². The highest BCUT2D eigenvalue weighted by atomic mass is 19.1. The van der Waals surface area contributed by atoms with E-state index in [9.17, 15) is 14.0 Å². The highest BCUT2D eigenvalue weighted by molar-refractivity contribution is 6.07. The number of benzene rings is 2. The summed E-state index contributed by atoms with van der Waals surface area (Å²) in [5.74, 6) is 0.467. The van der Waals surface area contributed by atoms with Gasteiger partial charge >= 0.3 is 0 Å². The summed E-state index contributed by atoms with van der Waals surface area (Å²) in [6.07, 6.45) is 2.29. The third-order valence-electron chi connectivity index (χ3n) is 6.68. The maximum absolute atomic E-state index is 13.9. The van der Waals surface area contributed by atoms with E-state index in [1.54, 1.807) is 13.0 Å². The molecule has 0 bridgehead atoms. The van der Waals surface area contributed by atoms with Gasteiger partial charge in [0.05, 0.1) is 12.4 Å². The Morgan fingerprint density at radius 3 is 2.67 bits per heavy atom. The van der Waals surface area contributed by atoms with E-state index in [0.29, 0.717) is 53.7 Å². The minimum Gasteiger partial charge on any atom is -0.354 e. The monoisotopic (exact) mass is 488 g/mol. The number of halogens is 1. The molecule has 9 heteroatoms. The van der Waals surface area contributed by atoms with E-state index in [-0.39, 0.29) is 24.3 Å². The molecule has 1 fully saturated rings. The Bertz CT molecular complexity index is 1330. The number of hydrogen-bond donors (Lipinski definition) is 2. The number of hydrogen-bond acceptors (Lipinski definition) is 6. The molecule has 2 aliphatic heterocycles. The molecule has 2 aromatic carbocycles. The lowest BCUT2D eigenvalue weighted by Gasteiger charge is -2.32. The zero-order valence-corrected chi connectivity index (χ0v) is 20.5. The van der Waals surface area contributed by atoms with E-state index < -0.39 is 0 Å². The number of amides is 2. The smallest absolute Gasteiger partial charge is 0.258 e. The Hall–Kier alpha value is -4.01. The zero-order chi connectivity index (χ0) is 25.2. The van der Waals surface area contributed by atoms with Gasteiger partial charge in [0.2, 0.25) is 11.9 Å². The van der Waals surface area contributed by atoms with Gasteiger partial charge < -0.3 is 20.4 Å². The fourth-order valence-corrected chi connectivity index (χ4v) is 4.81. The number of rotatable bonds is 7. The molecule has 5 rings (SSSR count). The molecule has 36 heavy (non-hydrogen) atoms. The first-order chi connectivity index (χ1) is 17.4. The SMILES string of the molecule is Cc1cc(F)ccc1-c1nc(NCCCN2CCCC2=O)nc2c1C(=O)NCN2c1ccccc1C. The summed E-state index contributed by atoms with van der Waals surface area (Å²) in [4.78, 5) is 38.3. The van der Waals surface area contributed by atoms with Crippen LogP contribution in [0.15, 0.2) is 42.5 Å². The maximum atomic E-state index is 13.9. The Kier molecular flexibility index (Phi) is 6.54. The van der Waals surface area contributed by atoms with Crippen LogP contribution >= 0.6 is 0 Å². The van der Waals surface area contributed by atoms with Crippen LogP contribution < -0.4 is 15.5 Å². The molecule has 2 amide bonds. The van der Waals surface area contributed by atoms with E-state index >= 15 is 0 Å². The van der Waals surface area contributed by atoms with Gasteiger partial charge in [0, 0.05) is 37.3 Å². The van der Waals surface area contributed by atoms with Crippen LogP contribution in [0.4, 0.5) is 21.8 Å². The molecule has 3 heterocycles. The highest BCUT2D eigenvalue weighted by Crippen LogP contribution is 2.37. The molecule has 1 aromatic heterocycles. The van der Waals surface area contributed by atoms with Gasteiger partial charge in [-0.2, -0.15) is 4.98 Å². The van der Waals surface area contributed by atoms with E-state index in [1.807, 2.05) is 41.0 Å². The van der Waals surface area contributed by atoms with E-state index in [0.717, 1.165) is 30.6 Å². The number of likely N-dealkylation sites (tertiary alicyclic amines) is 1. The molecule has 0 unspecified atom stereocenters. The molecule has 0 atom stereocenters. The lowest BCUT2D eigenvalue weighted by atomic mass is 9.99. The Balaban J connectivity index is 1.53. The largest absolute Gasteiger partial charge is 0.354 e. The first-order valence-corrected chi connectivity index (χ1v) is 12.2. The minimum atomic E-state index is -0.347. The predicted octanol–water partition coefficient (Wildman–Crippen LogP) is 4.16.